The summed E-state index contributed by atoms with van der Waals surface area (Å²) in [5, 5.41) is 0.533. The summed E-state index contributed by atoms with van der Waals surface area (Å²) in [6.07, 6.45) is 0.0787. The number of benzene rings is 2. The van der Waals surface area contributed by atoms with Crippen LogP contribution in [-0.2, 0) is 6.54 Å². The van der Waals surface area contributed by atoms with Crippen molar-refractivity contribution in [3.05, 3.63) is 70.3 Å². The lowest BCUT2D eigenvalue weighted by atomic mass is 10.2. The van der Waals surface area contributed by atoms with Gasteiger partial charge in [0.05, 0.1) is 23.6 Å². The zero-order valence-electron chi connectivity index (χ0n) is 15.0. The molecule has 2 aromatic carbocycles. The van der Waals surface area contributed by atoms with E-state index in [0.717, 1.165) is 5.75 Å². The van der Waals surface area contributed by atoms with Gasteiger partial charge in [-0.15, -0.1) is 0 Å². The van der Waals surface area contributed by atoms with Crippen molar-refractivity contribution in [3.8, 4) is 5.75 Å². The smallest absolute Gasteiger partial charge is 0.258 e. The number of nitrogens with zero attached hydrogens (tertiary/aromatic N) is 2. The minimum Gasteiger partial charge on any atom is -0.491 e. The third-order valence-corrected chi connectivity index (χ3v) is 3.87. The highest BCUT2D eigenvalue weighted by Crippen LogP contribution is 2.15. The molecule has 0 radical (unpaired) electrons. The average Bonchev–Trinajstić information content (AvgIpc) is 2.61. The Kier molecular flexibility index (Phi) is 5.02. The van der Waals surface area contributed by atoms with Gasteiger partial charge in [-0.25, -0.2) is 4.98 Å². The predicted molar refractivity (Wildman–Crippen MR) is 100 cm³/mol. The average molecular weight is 351 g/mol. The van der Waals surface area contributed by atoms with E-state index in [4.69, 9.17) is 4.74 Å². The van der Waals surface area contributed by atoms with Crippen molar-refractivity contribution in [1.29, 1.82) is 0 Å². The maximum absolute atomic E-state index is 12.6. The summed E-state index contributed by atoms with van der Waals surface area (Å²) in [5.41, 5.74) is 0.954. The number of nitrogens with one attached hydrogen (secondary N) is 1. The van der Waals surface area contributed by atoms with E-state index in [1.165, 1.54) is 4.90 Å². The zero-order chi connectivity index (χ0) is 18.7. The molecule has 3 rings (SSSR count). The van der Waals surface area contributed by atoms with Gasteiger partial charge in [0.25, 0.3) is 11.5 Å². The number of H-pyrrole nitrogens is 1. The predicted octanol–water partition coefficient (Wildman–Crippen LogP) is 2.98. The number of carbonyl (C=O) groups is 1. The molecule has 0 unspecified atom stereocenters. The molecule has 0 spiro atoms. The summed E-state index contributed by atoms with van der Waals surface area (Å²) >= 11 is 0. The second-order valence-corrected chi connectivity index (χ2v) is 6.38. The van der Waals surface area contributed by atoms with Crippen LogP contribution >= 0.6 is 0 Å². The fraction of sp³-hybridized carbons (Fsp3) is 0.250. The number of amides is 1. The van der Waals surface area contributed by atoms with E-state index in [-0.39, 0.29) is 24.1 Å². The molecule has 0 saturated carbocycles. The summed E-state index contributed by atoms with van der Waals surface area (Å²) in [6, 6.07) is 14.1. The van der Waals surface area contributed by atoms with Gasteiger partial charge in [-0.2, -0.15) is 0 Å². The molecule has 0 aliphatic carbocycles. The van der Waals surface area contributed by atoms with Gasteiger partial charge in [-0.1, -0.05) is 12.1 Å². The van der Waals surface area contributed by atoms with Crippen molar-refractivity contribution in [2.45, 2.75) is 26.5 Å². The number of carbonyl (C=O) groups excluding carboxylic acids is 1. The number of fused-ring (bicyclic) bond motifs is 1. The Morgan fingerprint density at radius 3 is 2.54 bits per heavy atom. The van der Waals surface area contributed by atoms with Crippen molar-refractivity contribution in [1.82, 2.24) is 14.9 Å². The number of hydrogen-bond acceptors (Lipinski definition) is 4. The standard InChI is InChI=1S/C20H21N3O3/c1-13(2)26-15-10-8-14(9-11-15)20(25)23(3)12-18-21-17-7-5-4-6-16(17)19(24)22-18/h4-11,13H,12H2,1-3H3,(H,21,22,24). The van der Waals surface area contributed by atoms with Crippen LogP contribution in [0.25, 0.3) is 10.9 Å². The van der Waals surface area contributed by atoms with Crippen LogP contribution < -0.4 is 10.3 Å². The van der Waals surface area contributed by atoms with Crippen LogP contribution in [0.1, 0.15) is 30.0 Å². The van der Waals surface area contributed by atoms with Gasteiger partial charge in [-0.3, -0.25) is 9.59 Å². The quantitative estimate of drug-likeness (QED) is 0.767. The zero-order valence-corrected chi connectivity index (χ0v) is 15.0. The van der Waals surface area contributed by atoms with Crippen molar-refractivity contribution < 1.29 is 9.53 Å². The summed E-state index contributed by atoms with van der Waals surface area (Å²) in [7, 11) is 1.68. The Morgan fingerprint density at radius 2 is 1.85 bits per heavy atom. The molecule has 0 saturated heterocycles. The lowest BCUT2D eigenvalue weighted by molar-refractivity contribution is 0.0781. The SMILES string of the molecule is CC(C)Oc1ccc(C(=O)N(C)Cc2nc3ccccc3c(=O)[nH]2)cc1. The normalized spacial score (nSPS) is 10.9. The highest BCUT2D eigenvalue weighted by molar-refractivity contribution is 5.94. The summed E-state index contributed by atoms with van der Waals surface area (Å²) in [6.45, 7) is 4.11. The van der Waals surface area contributed by atoms with E-state index in [9.17, 15) is 9.59 Å². The van der Waals surface area contributed by atoms with Crippen molar-refractivity contribution in [2.75, 3.05) is 7.05 Å². The molecule has 26 heavy (non-hydrogen) atoms. The Balaban J connectivity index is 1.76. The van der Waals surface area contributed by atoms with Crippen LogP contribution in [0.15, 0.2) is 53.3 Å². The molecule has 0 aliphatic heterocycles. The van der Waals surface area contributed by atoms with Gasteiger partial charge in [-0.05, 0) is 50.2 Å². The van der Waals surface area contributed by atoms with Gasteiger partial charge >= 0.3 is 0 Å². The number of aromatic amines is 1. The minimum absolute atomic E-state index is 0.0787. The Labute approximate surface area is 151 Å². The van der Waals surface area contributed by atoms with Crippen molar-refractivity contribution >= 4 is 16.8 Å². The van der Waals surface area contributed by atoms with E-state index >= 15 is 0 Å². The fourth-order valence-corrected chi connectivity index (χ4v) is 2.67. The summed E-state index contributed by atoms with van der Waals surface area (Å²) < 4.78 is 5.58. The molecule has 0 atom stereocenters. The monoisotopic (exact) mass is 351 g/mol. The number of ether oxygens (including phenoxy) is 1. The molecule has 0 aliphatic rings. The Hall–Kier alpha value is -3.15. The van der Waals surface area contributed by atoms with Gasteiger partial charge in [0.1, 0.15) is 11.6 Å². The van der Waals surface area contributed by atoms with Crippen LogP contribution in [0.2, 0.25) is 0 Å². The minimum atomic E-state index is -0.207. The van der Waals surface area contributed by atoms with E-state index in [1.54, 1.807) is 49.5 Å². The molecule has 6 nitrogen and oxygen atoms in total. The maximum atomic E-state index is 12.6. The molecule has 3 aromatic rings. The molecule has 0 bridgehead atoms. The van der Waals surface area contributed by atoms with E-state index in [0.29, 0.717) is 22.3 Å². The second-order valence-electron chi connectivity index (χ2n) is 6.38. The molecule has 1 aromatic heterocycles. The van der Waals surface area contributed by atoms with Crippen LogP contribution in [0.5, 0.6) is 5.75 Å². The van der Waals surface area contributed by atoms with Crippen molar-refractivity contribution in [2.24, 2.45) is 0 Å². The first kappa shape index (κ1) is 17.7. The second kappa shape index (κ2) is 7.39. The molecule has 1 N–H and O–H groups in total. The van der Waals surface area contributed by atoms with Crippen LogP contribution in [0.3, 0.4) is 0 Å². The van der Waals surface area contributed by atoms with Crippen molar-refractivity contribution in [3.63, 3.8) is 0 Å². The lowest BCUT2D eigenvalue weighted by Crippen LogP contribution is -2.28. The number of aromatic nitrogens is 2. The first-order valence-electron chi connectivity index (χ1n) is 8.44. The largest absolute Gasteiger partial charge is 0.491 e. The van der Waals surface area contributed by atoms with Crippen LogP contribution in [-0.4, -0.2) is 33.9 Å². The summed E-state index contributed by atoms with van der Waals surface area (Å²) in [4.78, 5) is 33.4. The number of hydrogen-bond donors (Lipinski definition) is 1. The van der Waals surface area contributed by atoms with E-state index in [1.807, 2.05) is 19.9 Å². The lowest BCUT2D eigenvalue weighted by Gasteiger charge is -2.17. The fourth-order valence-electron chi connectivity index (χ4n) is 2.67. The number of rotatable bonds is 5. The van der Waals surface area contributed by atoms with Gasteiger partial charge in [0, 0.05) is 12.6 Å². The van der Waals surface area contributed by atoms with Gasteiger partial charge in [0.15, 0.2) is 0 Å². The molecule has 134 valence electrons. The molecule has 1 heterocycles. The first-order valence-corrected chi connectivity index (χ1v) is 8.44. The molecular formula is C20H21N3O3. The van der Waals surface area contributed by atoms with E-state index in [2.05, 4.69) is 9.97 Å². The van der Waals surface area contributed by atoms with Gasteiger partial charge in [0.2, 0.25) is 0 Å². The van der Waals surface area contributed by atoms with Gasteiger partial charge < -0.3 is 14.6 Å². The van der Waals surface area contributed by atoms with Crippen LogP contribution in [0, 0.1) is 0 Å². The van der Waals surface area contributed by atoms with E-state index < -0.39 is 0 Å². The molecule has 0 fully saturated rings. The number of para-hydroxylation sites is 1. The summed E-state index contributed by atoms with van der Waals surface area (Å²) in [5.74, 6) is 1.01. The molecular weight excluding hydrogens is 330 g/mol. The molecule has 6 heteroatoms. The maximum Gasteiger partial charge on any atom is 0.258 e. The highest BCUT2D eigenvalue weighted by Gasteiger charge is 2.14. The third kappa shape index (κ3) is 3.91. The Morgan fingerprint density at radius 1 is 1.15 bits per heavy atom. The first-order chi connectivity index (χ1) is 12.4. The van der Waals surface area contributed by atoms with Crippen LogP contribution in [0.4, 0.5) is 0 Å². The molecule has 1 amide bonds. The highest BCUT2D eigenvalue weighted by atomic mass is 16.5. The topological polar surface area (TPSA) is 75.3 Å². The third-order valence-electron chi connectivity index (χ3n) is 3.87. The Bertz CT molecular complexity index is 978.